The highest BCUT2D eigenvalue weighted by atomic mass is 79.9. The van der Waals surface area contributed by atoms with Crippen molar-refractivity contribution in [3.63, 3.8) is 0 Å². The number of alkyl halides is 1. The van der Waals surface area contributed by atoms with Gasteiger partial charge in [-0.15, -0.1) is 11.3 Å². The second-order valence-corrected chi connectivity index (χ2v) is 6.63. The maximum atomic E-state index is 12.2. The highest BCUT2D eigenvalue weighted by Crippen LogP contribution is 2.39. The van der Waals surface area contributed by atoms with E-state index in [1.165, 1.54) is 25.7 Å². The van der Waals surface area contributed by atoms with Crippen LogP contribution in [0, 0.1) is 5.41 Å². The van der Waals surface area contributed by atoms with Crippen LogP contribution in [-0.2, 0) is 6.42 Å². The first-order valence-corrected chi connectivity index (χ1v) is 8.61. The van der Waals surface area contributed by atoms with Crippen LogP contribution in [0.15, 0.2) is 11.4 Å². The lowest BCUT2D eigenvalue weighted by molar-refractivity contribution is 0.0939. The van der Waals surface area contributed by atoms with Crippen LogP contribution in [0.4, 0.5) is 0 Å². The molecule has 1 amide bonds. The van der Waals surface area contributed by atoms with Crippen LogP contribution in [0.3, 0.4) is 0 Å². The molecule has 2 nitrogen and oxygen atoms in total. The summed E-state index contributed by atoms with van der Waals surface area (Å²) in [5.41, 5.74) is 1.45. The van der Waals surface area contributed by atoms with Crippen molar-refractivity contribution < 1.29 is 4.79 Å². The molecule has 0 aliphatic heterocycles. The fraction of sp³-hybridized carbons (Fsp3) is 0.643. The van der Waals surface area contributed by atoms with E-state index in [-0.39, 0.29) is 5.91 Å². The zero-order chi connectivity index (χ0) is 13.0. The second kappa shape index (κ2) is 6.20. The summed E-state index contributed by atoms with van der Waals surface area (Å²) in [7, 11) is 0. The number of aryl methyl sites for hydroxylation is 1. The summed E-state index contributed by atoms with van der Waals surface area (Å²) in [4.78, 5) is 13.1. The van der Waals surface area contributed by atoms with E-state index in [4.69, 9.17) is 0 Å². The van der Waals surface area contributed by atoms with Crippen LogP contribution in [0.1, 0.15) is 47.8 Å². The molecule has 1 aromatic rings. The minimum Gasteiger partial charge on any atom is -0.351 e. The fourth-order valence-electron chi connectivity index (χ4n) is 2.64. The monoisotopic (exact) mass is 329 g/mol. The van der Waals surface area contributed by atoms with E-state index in [1.54, 1.807) is 11.3 Å². The standard InChI is InChI=1S/C14H20BrNOS/c1-2-11-5-8-18-12(11)13(17)16-10-14(9-15)6-3-4-7-14/h5,8H,2-4,6-7,9-10H2,1H3,(H,16,17). The minimum absolute atomic E-state index is 0.106. The molecule has 1 aliphatic rings. The molecular weight excluding hydrogens is 310 g/mol. The Morgan fingerprint density at radius 1 is 1.50 bits per heavy atom. The van der Waals surface area contributed by atoms with E-state index >= 15 is 0 Å². The number of halogens is 1. The van der Waals surface area contributed by atoms with E-state index in [1.807, 2.05) is 5.38 Å². The van der Waals surface area contributed by atoms with Gasteiger partial charge in [0.25, 0.3) is 5.91 Å². The Morgan fingerprint density at radius 2 is 2.22 bits per heavy atom. The third-order valence-electron chi connectivity index (χ3n) is 3.91. The quantitative estimate of drug-likeness (QED) is 0.813. The maximum Gasteiger partial charge on any atom is 0.261 e. The molecule has 1 heterocycles. The molecule has 0 atom stereocenters. The highest BCUT2D eigenvalue weighted by molar-refractivity contribution is 9.09. The molecule has 1 aromatic heterocycles. The van der Waals surface area contributed by atoms with Gasteiger partial charge in [-0.3, -0.25) is 4.79 Å². The maximum absolute atomic E-state index is 12.2. The fourth-order valence-corrected chi connectivity index (χ4v) is 4.31. The van der Waals surface area contributed by atoms with Crippen LogP contribution in [-0.4, -0.2) is 17.8 Å². The Balaban J connectivity index is 1.96. The third kappa shape index (κ3) is 2.97. The first-order valence-electron chi connectivity index (χ1n) is 6.61. The SMILES string of the molecule is CCc1ccsc1C(=O)NCC1(CBr)CCCC1. The van der Waals surface area contributed by atoms with Gasteiger partial charge in [0.2, 0.25) is 0 Å². The highest BCUT2D eigenvalue weighted by Gasteiger charge is 2.33. The number of hydrogen-bond donors (Lipinski definition) is 1. The molecule has 0 radical (unpaired) electrons. The number of nitrogens with one attached hydrogen (secondary N) is 1. The van der Waals surface area contributed by atoms with Gasteiger partial charge in [-0.2, -0.15) is 0 Å². The van der Waals surface area contributed by atoms with Crippen LogP contribution in [0.25, 0.3) is 0 Å². The average Bonchev–Trinajstić information content (AvgIpc) is 3.05. The first kappa shape index (κ1) is 14.1. The molecule has 0 spiro atoms. The zero-order valence-corrected chi connectivity index (χ0v) is 13.2. The van der Waals surface area contributed by atoms with E-state index in [0.29, 0.717) is 5.41 Å². The molecule has 1 fully saturated rings. The van der Waals surface area contributed by atoms with Crippen LogP contribution < -0.4 is 5.32 Å². The molecule has 2 rings (SSSR count). The van der Waals surface area contributed by atoms with Crippen LogP contribution in [0.5, 0.6) is 0 Å². The number of hydrogen-bond acceptors (Lipinski definition) is 2. The number of carbonyl (C=O) groups is 1. The van der Waals surface area contributed by atoms with Crippen molar-refractivity contribution in [3.8, 4) is 0 Å². The minimum atomic E-state index is 0.106. The summed E-state index contributed by atoms with van der Waals surface area (Å²) in [5.74, 6) is 0.106. The molecule has 0 bridgehead atoms. The van der Waals surface area contributed by atoms with Crippen molar-refractivity contribution in [2.24, 2.45) is 5.41 Å². The van der Waals surface area contributed by atoms with Gasteiger partial charge in [0.1, 0.15) is 0 Å². The third-order valence-corrected chi connectivity index (χ3v) is 6.05. The number of rotatable bonds is 5. The van der Waals surface area contributed by atoms with Gasteiger partial charge in [-0.05, 0) is 41.7 Å². The predicted octanol–water partition coefficient (Wildman–Crippen LogP) is 4.00. The largest absolute Gasteiger partial charge is 0.351 e. The van der Waals surface area contributed by atoms with Crippen molar-refractivity contribution in [1.82, 2.24) is 5.32 Å². The number of thiophene rings is 1. The van der Waals surface area contributed by atoms with Gasteiger partial charge in [-0.1, -0.05) is 35.7 Å². The van der Waals surface area contributed by atoms with Gasteiger partial charge < -0.3 is 5.32 Å². The van der Waals surface area contributed by atoms with Crippen molar-refractivity contribution in [2.45, 2.75) is 39.0 Å². The normalized spacial score (nSPS) is 17.9. The van der Waals surface area contributed by atoms with Crippen molar-refractivity contribution >= 4 is 33.2 Å². The molecule has 4 heteroatoms. The topological polar surface area (TPSA) is 29.1 Å². The van der Waals surface area contributed by atoms with E-state index in [2.05, 4.69) is 34.2 Å². The molecule has 100 valence electrons. The number of carbonyl (C=O) groups excluding carboxylic acids is 1. The Morgan fingerprint density at radius 3 is 2.83 bits per heavy atom. The molecule has 0 saturated heterocycles. The molecule has 1 aliphatic carbocycles. The van der Waals surface area contributed by atoms with Crippen LogP contribution in [0.2, 0.25) is 0 Å². The van der Waals surface area contributed by atoms with E-state index < -0.39 is 0 Å². The Bertz CT molecular complexity index is 410. The van der Waals surface area contributed by atoms with Crippen molar-refractivity contribution in [3.05, 3.63) is 21.9 Å². The summed E-state index contributed by atoms with van der Waals surface area (Å²) in [6.45, 7) is 2.90. The van der Waals surface area contributed by atoms with Gasteiger partial charge in [0, 0.05) is 11.9 Å². The zero-order valence-electron chi connectivity index (χ0n) is 10.8. The van der Waals surface area contributed by atoms with Crippen LogP contribution >= 0.6 is 27.3 Å². The Hall–Kier alpha value is -0.350. The van der Waals surface area contributed by atoms with Gasteiger partial charge in [0.15, 0.2) is 0 Å². The summed E-state index contributed by atoms with van der Waals surface area (Å²) in [6.07, 6.45) is 5.96. The summed E-state index contributed by atoms with van der Waals surface area (Å²) < 4.78 is 0. The lowest BCUT2D eigenvalue weighted by Crippen LogP contribution is -2.37. The molecule has 1 N–H and O–H groups in total. The molecule has 1 saturated carbocycles. The number of amides is 1. The second-order valence-electron chi connectivity index (χ2n) is 5.15. The average molecular weight is 330 g/mol. The van der Waals surface area contributed by atoms with Crippen molar-refractivity contribution in [2.75, 3.05) is 11.9 Å². The molecule has 0 aromatic carbocycles. The van der Waals surface area contributed by atoms with Gasteiger partial charge in [-0.25, -0.2) is 0 Å². The van der Waals surface area contributed by atoms with Crippen molar-refractivity contribution in [1.29, 1.82) is 0 Å². The molecular formula is C14H20BrNOS. The van der Waals surface area contributed by atoms with E-state index in [0.717, 1.165) is 28.7 Å². The lowest BCUT2D eigenvalue weighted by atomic mass is 9.89. The lowest BCUT2D eigenvalue weighted by Gasteiger charge is -2.26. The molecule has 0 unspecified atom stereocenters. The smallest absolute Gasteiger partial charge is 0.261 e. The predicted molar refractivity (Wildman–Crippen MR) is 80.7 cm³/mol. The Labute approximate surface area is 121 Å². The summed E-state index contributed by atoms with van der Waals surface area (Å²) >= 11 is 5.16. The summed E-state index contributed by atoms with van der Waals surface area (Å²) in [5, 5.41) is 6.13. The van der Waals surface area contributed by atoms with Gasteiger partial charge >= 0.3 is 0 Å². The Kier molecular flexibility index (Phi) is 4.84. The van der Waals surface area contributed by atoms with Gasteiger partial charge in [0.05, 0.1) is 4.88 Å². The van der Waals surface area contributed by atoms with E-state index in [9.17, 15) is 4.79 Å². The summed E-state index contributed by atoms with van der Waals surface area (Å²) in [6, 6.07) is 2.05. The first-order chi connectivity index (χ1) is 8.71. The molecule has 18 heavy (non-hydrogen) atoms.